The molecule has 0 unspecified atom stereocenters. The standard InChI is InChI=1S/C19H15N5O3/c25-17-12-15(13-7-3-1-4-8-13)11-16(14-9-5-2-6-10-14)18(17)23-21-19(20-22-23)24(26)27/h1-10,12,16,18H,11H2/t16-,18-/m0/s1. The quantitative estimate of drug-likeness (QED) is 0.523. The summed E-state index contributed by atoms with van der Waals surface area (Å²) in [7, 11) is 0. The second-order valence-corrected chi connectivity index (χ2v) is 6.27. The largest absolute Gasteiger partial charge is 0.514 e. The van der Waals surface area contributed by atoms with Crippen molar-refractivity contribution in [3.05, 3.63) is 88.0 Å². The molecule has 1 aromatic heterocycles. The van der Waals surface area contributed by atoms with Gasteiger partial charge in [0.15, 0.2) is 11.8 Å². The lowest BCUT2D eigenvalue weighted by Crippen LogP contribution is -2.30. The van der Waals surface area contributed by atoms with Crippen molar-refractivity contribution in [2.75, 3.05) is 0 Å². The van der Waals surface area contributed by atoms with Gasteiger partial charge in [-0.25, -0.2) is 0 Å². The third kappa shape index (κ3) is 3.24. The van der Waals surface area contributed by atoms with E-state index in [9.17, 15) is 14.9 Å². The number of carbonyl (C=O) groups excluding carboxylic acids is 1. The van der Waals surface area contributed by atoms with E-state index in [1.807, 2.05) is 60.7 Å². The number of tetrazole rings is 1. The van der Waals surface area contributed by atoms with E-state index >= 15 is 0 Å². The lowest BCUT2D eigenvalue weighted by atomic mass is 9.78. The van der Waals surface area contributed by atoms with Gasteiger partial charge in [-0.1, -0.05) is 65.5 Å². The van der Waals surface area contributed by atoms with Gasteiger partial charge in [0.2, 0.25) is 0 Å². The van der Waals surface area contributed by atoms with E-state index < -0.39 is 16.9 Å². The van der Waals surface area contributed by atoms with Crippen molar-refractivity contribution in [3.8, 4) is 0 Å². The van der Waals surface area contributed by atoms with Gasteiger partial charge in [0.05, 0.1) is 10.2 Å². The van der Waals surface area contributed by atoms with Crippen molar-refractivity contribution >= 4 is 17.3 Å². The van der Waals surface area contributed by atoms with Gasteiger partial charge >= 0.3 is 5.95 Å². The summed E-state index contributed by atoms with van der Waals surface area (Å²) >= 11 is 0. The van der Waals surface area contributed by atoms with Gasteiger partial charge in [0.1, 0.15) is 0 Å². The van der Waals surface area contributed by atoms with Crippen molar-refractivity contribution in [1.29, 1.82) is 0 Å². The van der Waals surface area contributed by atoms with Crippen LogP contribution in [0.25, 0.3) is 5.57 Å². The molecule has 0 saturated carbocycles. The number of aromatic nitrogens is 4. The van der Waals surface area contributed by atoms with Crippen LogP contribution in [0.15, 0.2) is 66.7 Å². The van der Waals surface area contributed by atoms with Gasteiger partial charge in [0, 0.05) is 11.1 Å². The molecule has 0 radical (unpaired) electrons. The Morgan fingerprint density at radius 1 is 1.04 bits per heavy atom. The summed E-state index contributed by atoms with van der Waals surface area (Å²) in [5, 5.41) is 21.9. The molecule has 0 amide bonds. The number of carbonyl (C=O) groups is 1. The van der Waals surface area contributed by atoms with Crippen LogP contribution < -0.4 is 0 Å². The molecule has 3 aromatic rings. The summed E-state index contributed by atoms with van der Waals surface area (Å²) in [5.41, 5.74) is 2.83. The zero-order valence-electron chi connectivity index (χ0n) is 14.2. The van der Waals surface area contributed by atoms with E-state index in [1.54, 1.807) is 6.08 Å². The second-order valence-electron chi connectivity index (χ2n) is 6.27. The second kappa shape index (κ2) is 6.91. The Morgan fingerprint density at radius 3 is 2.33 bits per heavy atom. The summed E-state index contributed by atoms with van der Waals surface area (Å²) in [6.45, 7) is 0. The Morgan fingerprint density at radius 2 is 1.70 bits per heavy atom. The first-order valence-electron chi connectivity index (χ1n) is 8.42. The lowest BCUT2D eigenvalue weighted by Gasteiger charge is -2.28. The first-order chi connectivity index (χ1) is 13.1. The summed E-state index contributed by atoms with van der Waals surface area (Å²) < 4.78 is 0. The van der Waals surface area contributed by atoms with Crippen LogP contribution in [0.5, 0.6) is 0 Å². The highest BCUT2D eigenvalue weighted by Crippen LogP contribution is 2.41. The Balaban J connectivity index is 1.79. The minimum Gasteiger partial charge on any atom is -0.390 e. The normalized spacial score (nSPS) is 19.6. The van der Waals surface area contributed by atoms with Crippen LogP contribution in [0.1, 0.15) is 29.5 Å². The highest BCUT2D eigenvalue weighted by molar-refractivity contribution is 6.01. The van der Waals surface area contributed by atoms with Gasteiger partial charge in [-0.05, 0) is 34.1 Å². The molecule has 0 spiro atoms. The average Bonchev–Trinajstić information content (AvgIpc) is 3.19. The molecule has 2 aromatic carbocycles. The number of benzene rings is 2. The molecule has 1 aliphatic rings. The summed E-state index contributed by atoms with van der Waals surface area (Å²) in [6, 6.07) is 18.5. The number of nitrogens with zero attached hydrogens (tertiary/aromatic N) is 5. The van der Waals surface area contributed by atoms with Crippen molar-refractivity contribution in [2.24, 2.45) is 0 Å². The number of ketones is 1. The number of hydrogen-bond donors (Lipinski definition) is 0. The van der Waals surface area contributed by atoms with E-state index in [0.29, 0.717) is 6.42 Å². The molecule has 8 heteroatoms. The maximum atomic E-state index is 13.0. The third-order valence-corrected chi connectivity index (χ3v) is 4.63. The van der Waals surface area contributed by atoms with Crippen molar-refractivity contribution in [2.45, 2.75) is 18.4 Å². The Hall–Kier alpha value is -3.68. The molecule has 134 valence electrons. The predicted octanol–water partition coefficient (Wildman–Crippen LogP) is 2.96. The van der Waals surface area contributed by atoms with E-state index in [0.717, 1.165) is 21.5 Å². The highest BCUT2D eigenvalue weighted by Gasteiger charge is 2.39. The molecular weight excluding hydrogens is 346 g/mol. The molecule has 27 heavy (non-hydrogen) atoms. The number of nitro groups is 1. The molecule has 0 aliphatic heterocycles. The fourth-order valence-corrected chi connectivity index (χ4v) is 3.40. The molecule has 0 saturated heterocycles. The van der Waals surface area contributed by atoms with Crippen LogP contribution in [0.4, 0.5) is 5.95 Å². The smallest absolute Gasteiger partial charge is 0.390 e. The van der Waals surface area contributed by atoms with Crippen LogP contribution >= 0.6 is 0 Å². The minimum atomic E-state index is -0.777. The van der Waals surface area contributed by atoms with Crippen LogP contribution in [0.2, 0.25) is 0 Å². The molecule has 0 N–H and O–H groups in total. The summed E-state index contributed by atoms with van der Waals surface area (Å²) in [4.78, 5) is 24.2. The van der Waals surface area contributed by atoms with Crippen LogP contribution in [-0.2, 0) is 4.79 Å². The topological polar surface area (TPSA) is 104 Å². The number of rotatable bonds is 4. The number of hydrogen-bond acceptors (Lipinski definition) is 6. The third-order valence-electron chi connectivity index (χ3n) is 4.63. The molecule has 1 heterocycles. The first kappa shape index (κ1) is 16.8. The molecule has 0 bridgehead atoms. The van der Waals surface area contributed by atoms with Gasteiger partial charge in [-0.2, -0.15) is 0 Å². The zero-order chi connectivity index (χ0) is 18.8. The maximum Gasteiger partial charge on any atom is 0.514 e. The lowest BCUT2D eigenvalue weighted by molar-refractivity contribution is -0.394. The van der Waals surface area contributed by atoms with Gasteiger partial charge in [0.25, 0.3) is 0 Å². The zero-order valence-corrected chi connectivity index (χ0v) is 14.2. The minimum absolute atomic E-state index is 0.207. The van der Waals surface area contributed by atoms with E-state index in [-0.39, 0.29) is 11.7 Å². The summed E-state index contributed by atoms with van der Waals surface area (Å²) in [6.07, 6.45) is 2.16. The monoisotopic (exact) mass is 361 g/mol. The Bertz CT molecular complexity index is 1010. The van der Waals surface area contributed by atoms with Gasteiger partial charge < -0.3 is 10.1 Å². The molecule has 0 fully saturated rings. The van der Waals surface area contributed by atoms with Crippen molar-refractivity contribution < 1.29 is 9.72 Å². The molecular formula is C19H15N5O3. The Kier molecular flexibility index (Phi) is 4.29. The fourth-order valence-electron chi connectivity index (χ4n) is 3.40. The molecule has 4 rings (SSSR count). The molecule has 1 aliphatic carbocycles. The first-order valence-corrected chi connectivity index (χ1v) is 8.42. The van der Waals surface area contributed by atoms with Gasteiger partial charge in [-0.3, -0.25) is 4.79 Å². The Labute approximate surface area is 154 Å². The van der Waals surface area contributed by atoms with Crippen LogP contribution in [-0.4, -0.2) is 30.9 Å². The predicted molar refractivity (Wildman–Crippen MR) is 96.7 cm³/mol. The van der Waals surface area contributed by atoms with Crippen LogP contribution in [0.3, 0.4) is 0 Å². The highest BCUT2D eigenvalue weighted by atomic mass is 16.6. The summed E-state index contributed by atoms with van der Waals surface area (Å²) in [5.74, 6) is -1.08. The molecule has 8 nitrogen and oxygen atoms in total. The van der Waals surface area contributed by atoms with E-state index in [2.05, 4.69) is 15.4 Å². The maximum absolute atomic E-state index is 13.0. The average molecular weight is 361 g/mol. The molecule has 2 atom stereocenters. The van der Waals surface area contributed by atoms with Crippen molar-refractivity contribution in [3.63, 3.8) is 0 Å². The van der Waals surface area contributed by atoms with Crippen LogP contribution in [0, 0.1) is 10.1 Å². The SMILES string of the molecule is O=C1C=C(c2ccccc2)C[C@@H](c2ccccc2)[C@@H]1n1nnc([N+](=O)[O-])n1. The number of allylic oxidation sites excluding steroid dienone is 2. The van der Waals surface area contributed by atoms with Crippen molar-refractivity contribution in [1.82, 2.24) is 20.2 Å². The van der Waals surface area contributed by atoms with Gasteiger partial charge in [-0.15, -0.1) is 0 Å². The fraction of sp³-hybridized carbons (Fsp3) is 0.158. The van der Waals surface area contributed by atoms with E-state index in [4.69, 9.17) is 0 Å². The van der Waals surface area contributed by atoms with E-state index in [1.165, 1.54) is 0 Å².